The quantitative estimate of drug-likeness (QED) is 0.567. The molecule has 78 valence electrons. The Hall–Kier alpha value is -0.343. The van der Waals surface area contributed by atoms with Crippen LogP contribution in [0.15, 0.2) is 18.3 Å². The van der Waals surface area contributed by atoms with Gasteiger partial charge in [0.15, 0.2) is 0 Å². The van der Waals surface area contributed by atoms with Gasteiger partial charge in [-0.1, -0.05) is 55.7 Å². The fourth-order valence-electron chi connectivity index (χ4n) is 2.09. The molecule has 0 radical (unpaired) electrons. The lowest BCUT2D eigenvalue weighted by molar-refractivity contribution is 1.19. The van der Waals surface area contributed by atoms with E-state index in [0.29, 0.717) is 5.15 Å². The maximum absolute atomic E-state index is 5.93. The van der Waals surface area contributed by atoms with Gasteiger partial charge in [0.25, 0.3) is 0 Å². The molecule has 0 N–H and O–H groups in total. The summed E-state index contributed by atoms with van der Waals surface area (Å²) in [7, 11) is -1.25. The molecular weight excluding hydrogens is 210 g/mol. The van der Waals surface area contributed by atoms with Crippen LogP contribution in [0.1, 0.15) is 20.8 Å². The second-order valence-electron chi connectivity index (χ2n) is 3.71. The van der Waals surface area contributed by atoms with Crippen LogP contribution in [0.3, 0.4) is 0 Å². The smallest absolute Gasteiger partial charge is 0.128 e. The zero-order valence-electron chi connectivity index (χ0n) is 9.18. The Morgan fingerprint density at radius 1 is 1.21 bits per heavy atom. The van der Waals surface area contributed by atoms with E-state index in [9.17, 15) is 0 Å². The summed E-state index contributed by atoms with van der Waals surface area (Å²) < 4.78 is 0. The van der Waals surface area contributed by atoms with E-state index in [-0.39, 0.29) is 0 Å². The molecule has 0 aliphatic carbocycles. The van der Waals surface area contributed by atoms with Gasteiger partial charge >= 0.3 is 0 Å². The van der Waals surface area contributed by atoms with Crippen LogP contribution in [-0.2, 0) is 0 Å². The maximum Gasteiger partial charge on any atom is 0.128 e. The molecule has 0 saturated heterocycles. The van der Waals surface area contributed by atoms with E-state index in [1.807, 2.05) is 6.20 Å². The molecule has 3 heteroatoms. The highest BCUT2D eigenvalue weighted by Gasteiger charge is 2.28. The molecule has 0 unspecified atom stereocenters. The third-order valence-electron chi connectivity index (χ3n) is 3.37. The van der Waals surface area contributed by atoms with Gasteiger partial charge in [0.05, 0.1) is 8.07 Å². The molecule has 0 fully saturated rings. The number of hydrogen-bond acceptors (Lipinski definition) is 1. The maximum atomic E-state index is 5.93. The zero-order valence-corrected chi connectivity index (χ0v) is 10.9. The second kappa shape index (κ2) is 4.94. The first-order valence-electron chi connectivity index (χ1n) is 5.30. The van der Waals surface area contributed by atoms with E-state index in [1.165, 1.54) is 23.3 Å². The van der Waals surface area contributed by atoms with E-state index in [1.54, 1.807) is 0 Å². The minimum atomic E-state index is -1.25. The first-order chi connectivity index (χ1) is 6.68. The highest BCUT2D eigenvalue weighted by Crippen LogP contribution is 2.20. The molecule has 0 bridgehead atoms. The van der Waals surface area contributed by atoms with E-state index in [0.717, 1.165) is 0 Å². The summed E-state index contributed by atoms with van der Waals surface area (Å²) in [5.74, 6) is 0. The van der Waals surface area contributed by atoms with Crippen molar-refractivity contribution in [2.45, 2.75) is 38.9 Å². The van der Waals surface area contributed by atoms with Crippen LogP contribution in [0, 0.1) is 0 Å². The van der Waals surface area contributed by atoms with Gasteiger partial charge < -0.3 is 0 Å². The van der Waals surface area contributed by atoms with Crippen molar-refractivity contribution in [3.05, 3.63) is 23.5 Å². The van der Waals surface area contributed by atoms with Gasteiger partial charge in [0.1, 0.15) is 5.15 Å². The predicted octanol–water partition coefficient (Wildman–Crippen LogP) is 3.45. The number of nitrogens with zero attached hydrogens (tertiary/aromatic N) is 1. The number of halogens is 1. The summed E-state index contributed by atoms with van der Waals surface area (Å²) >= 11 is 5.93. The van der Waals surface area contributed by atoms with Crippen molar-refractivity contribution in [3.63, 3.8) is 0 Å². The summed E-state index contributed by atoms with van der Waals surface area (Å²) in [5.41, 5.74) is 0. The minimum Gasteiger partial charge on any atom is -0.245 e. The van der Waals surface area contributed by atoms with Gasteiger partial charge in [-0.3, -0.25) is 0 Å². The van der Waals surface area contributed by atoms with Crippen LogP contribution in [-0.4, -0.2) is 13.1 Å². The van der Waals surface area contributed by atoms with Crippen molar-refractivity contribution in [1.29, 1.82) is 0 Å². The molecule has 0 aliphatic heterocycles. The monoisotopic (exact) mass is 227 g/mol. The van der Waals surface area contributed by atoms with Crippen LogP contribution in [0.25, 0.3) is 0 Å². The predicted molar refractivity (Wildman–Crippen MR) is 66.1 cm³/mol. The first-order valence-corrected chi connectivity index (χ1v) is 8.30. The van der Waals surface area contributed by atoms with Crippen LogP contribution < -0.4 is 5.19 Å². The van der Waals surface area contributed by atoms with Crippen molar-refractivity contribution in [3.8, 4) is 0 Å². The summed E-state index contributed by atoms with van der Waals surface area (Å²) in [5, 5.41) is 2.10. The molecule has 0 aromatic carbocycles. The first kappa shape index (κ1) is 11.7. The molecule has 1 nitrogen and oxygen atoms in total. The van der Waals surface area contributed by atoms with Gasteiger partial charge in [-0.15, -0.1) is 0 Å². The molecular formula is C11H18ClNSi. The number of rotatable bonds is 4. The molecule has 1 rings (SSSR count). The van der Waals surface area contributed by atoms with E-state index >= 15 is 0 Å². The molecule has 1 aromatic heterocycles. The molecule has 14 heavy (non-hydrogen) atoms. The molecule has 0 spiro atoms. The average molecular weight is 228 g/mol. The fraction of sp³-hybridized carbons (Fsp3) is 0.545. The lowest BCUT2D eigenvalue weighted by atomic mass is 10.5. The Bertz CT molecular complexity index is 289. The Morgan fingerprint density at radius 3 is 2.21 bits per heavy atom. The molecule has 0 aliphatic rings. The van der Waals surface area contributed by atoms with Crippen molar-refractivity contribution >= 4 is 24.9 Å². The van der Waals surface area contributed by atoms with Crippen LogP contribution >= 0.6 is 11.6 Å². The van der Waals surface area contributed by atoms with E-state index < -0.39 is 8.07 Å². The molecule has 1 aromatic rings. The van der Waals surface area contributed by atoms with Crippen LogP contribution in [0.4, 0.5) is 0 Å². The largest absolute Gasteiger partial charge is 0.245 e. The van der Waals surface area contributed by atoms with Gasteiger partial charge in [-0.2, -0.15) is 0 Å². The topological polar surface area (TPSA) is 12.9 Å². The van der Waals surface area contributed by atoms with Gasteiger partial charge in [0.2, 0.25) is 0 Å². The third kappa shape index (κ3) is 2.18. The van der Waals surface area contributed by atoms with Crippen molar-refractivity contribution in [2.75, 3.05) is 0 Å². The average Bonchev–Trinajstić information content (AvgIpc) is 2.22. The van der Waals surface area contributed by atoms with Gasteiger partial charge in [-0.05, 0) is 12.1 Å². The van der Waals surface area contributed by atoms with Crippen LogP contribution in [0.5, 0.6) is 0 Å². The normalized spacial score (nSPS) is 11.7. The molecule has 0 atom stereocenters. The summed E-state index contributed by atoms with van der Waals surface area (Å²) in [6.45, 7) is 6.90. The second-order valence-corrected chi connectivity index (χ2v) is 9.35. The minimum absolute atomic E-state index is 0.634. The molecule has 1 heterocycles. The van der Waals surface area contributed by atoms with Gasteiger partial charge in [-0.25, -0.2) is 4.98 Å². The molecule has 0 amide bonds. The Labute approximate surface area is 92.5 Å². The van der Waals surface area contributed by atoms with Crippen LogP contribution in [0.2, 0.25) is 23.3 Å². The highest BCUT2D eigenvalue weighted by atomic mass is 35.5. The standard InChI is InChI=1S/C11H18ClNSi/c1-4-14(5-2,6-3)10-7-8-13-11(12)9-10/h7-9H,4-6H2,1-3H3. The van der Waals surface area contributed by atoms with Crippen molar-refractivity contribution in [1.82, 2.24) is 4.98 Å². The zero-order chi connectivity index (χ0) is 10.6. The number of aromatic nitrogens is 1. The lowest BCUT2D eigenvalue weighted by Gasteiger charge is -2.28. The van der Waals surface area contributed by atoms with E-state index in [2.05, 4.69) is 37.9 Å². The number of hydrogen-bond donors (Lipinski definition) is 0. The Kier molecular flexibility index (Phi) is 4.14. The fourth-order valence-corrected chi connectivity index (χ4v) is 5.96. The van der Waals surface area contributed by atoms with Gasteiger partial charge in [0, 0.05) is 6.20 Å². The third-order valence-corrected chi connectivity index (χ3v) is 9.17. The van der Waals surface area contributed by atoms with E-state index in [4.69, 9.17) is 11.6 Å². The van der Waals surface area contributed by atoms with Crippen molar-refractivity contribution in [2.24, 2.45) is 0 Å². The lowest BCUT2D eigenvalue weighted by Crippen LogP contribution is -2.45. The summed E-state index contributed by atoms with van der Waals surface area (Å²) in [4.78, 5) is 4.04. The highest BCUT2D eigenvalue weighted by molar-refractivity contribution is 6.91. The summed E-state index contributed by atoms with van der Waals surface area (Å²) in [6.07, 6.45) is 1.83. The molecule has 0 saturated carbocycles. The summed E-state index contributed by atoms with van der Waals surface area (Å²) in [6, 6.07) is 8.08. The Balaban J connectivity index is 3.10. The SMILES string of the molecule is CC[Si](CC)(CC)c1ccnc(Cl)c1. The van der Waals surface area contributed by atoms with Crippen molar-refractivity contribution < 1.29 is 0 Å². The number of pyridine rings is 1. The Morgan fingerprint density at radius 2 is 1.79 bits per heavy atom.